The van der Waals surface area contributed by atoms with Gasteiger partial charge < -0.3 is 19.4 Å². The van der Waals surface area contributed by atoms with Gasteiger partial charge in [-0.2, -0.15) is 0 Å². The van der Waals surface area contributed by atoms with Crippen molar-refractivity contribution in [1.82, 2.24) is 9.88 Å². The molecule has 122 valence electrons. The third-order valence-corrected chi connectivity index (χ3v) is 4.67. The summed E-state index contributed by atoms with van der Waals surface area (Å²) in [5.74, 6) is 0.0907. The lowest BCUT2D eigenvalue weighted by Gasteiger charge is -2.28. The molecule has 2 saturated heterocycles. The smallest absolute Gasteiger partial charge is 0.251 e. The summed E-state index contributed by atoms with van der Waals surface area (Å²) in [5, 5.41) is 0. The maximum Gasteiger partial charge on any atom is 0.251 e. The van der Waals surface area contributed by atoms with Crippen LogP contribution in [0.2, 0.25) is 0 Å². The van der Waals surface area contributed by atoms with Gasteiger partial charge in [-0.15, -0.1) is 0 Å². The van der Waals surface area contributed by atoms with E-state index in [-0.39, 0.29) is 18.1 Å². The van der Waals surface area contributed by atoms with Gasteiger partial charge in [-0.1, -0.05) is 0 Å². The Morgan fingerprint density at radius 3 is 3.09 bits per heavy atom. The summed E-state index contributed by atoms with van der Waals surface area (Å²) in [4.78, 5) is 17.9. The first-order chi connectivity index (χ1) is 10.8. The van der Waals surface area contributed by atoms with Crippen LogP contribution in [0, 0.1) is 0 Å². The maximum atomic E-state index is 12.7. The highest BCUT2D eigenvalue weighted by molar-refractivity contribution is 5.81. The quantitative estimate of drug-likeness (QED) is 0.910. The summed E-state index contributed by atoms with van der Waals surface area (Å²) in [6, 6.07) is 4.20. The van der Waals surface area contributed by atoms with Crippen molar-refractivity contribution in [3.05, 3.63) is 24.0 Å². The number of nitrogens with zero attached hydrogens (tertiary/aromatic N) is 1. The molecule has 2 aliphatic rings. The third kappa shape index (κ3) is 3.52. The average molecular weight is 306 g/mol. The summed E-state index contributed by atoms with van der Waals surface area (Å²) in [7, 11) is 0. The Balaban J connectivity index is 1.53. The maximum absolute atomic E-state index is 12.7. The molecule has 0 aliphatic carbocycles. The summed E-state index contributed by atoms with van der Waals surface area (Å²) < 4.78 is 11.5. The number of amides is 1. The van der Waals surface area contributed by atoms with Gasteiger partial charge >= 0.3 is 0 Å². The van der Waals surface area contributed by atoms with Gasteiger partial charge in [0.2, 0.25) is 0 Å². The van der Waals surface area contributed by atoms with Crippen molar-refractivity contribution < 1.29 is 14.3 Å². The van der Waals surface area contributed by atoms with E-state index in [4.69, 9.17) is 9.47 Å². The molecule has 1 N–H and O–H groups in total. The van der Waals surface area contributed by atoms with Gasteiger partial charge in [-0.25, -0.2) is 0 Å². The SMILES string of the molecule is C[C@H](OC[C@H]1CCCCO1)C(=O)N1CCC[C@@H]1c1ccc[nH]1. The summed E-state index contributed by atoms with van der Waals surface area (Å²) in [5.41, 5.74) is 1.12. The van der Waals surface area contributed by atoms with Crippen LogP contribution >= 0.6 is 0 Å². The lowest BCUT2D eigenvalue weighted by Crippen LogP contribution is -2.40. The van der Waals surface area contributed by atoms with Crippen molar-refractivity contribution in [3.63, 3.8) is 0 Å². The molecule has 2 fully saturated rings. The molecule has 0 unspecified atom stereocenters. The van der Waals surface area contributed by atoms with Crippen molar-refractivity contribution in [3.8, 4) is 0 Å². The summed E-state index contributed by atoms with van der Waals surface area (Å²) >= 11 is 0. The fourth-order valence-electron chi connectivity index (χ4n) is 3.40. The van der Waals surface area contributed by atoms with E-state index in [9.17, 15) is 4.79 Å². The minimum Gasteiger partial charge on any atom is -0.376 e. The number of nitrogens with one attached hydrogen (secondary N) is 1. The van der Waals surface area contributed by atoms with Crippen LogP contribution in [-0.2, 0) is 14.3 Å². The number of H-pyrrole nitrogens is 1. The lowest BCUT2D eigenvalue weighted by molar-refractivity contribution is -0.147. The molecule has 22 heavy (non-hydrogen) atoms. The van der Waals surface area contributed by atoms with Crippen molar-refractivity contribution in [2.75, 3.05) is 19.8 Å². The summed E-state index contributed by atoms with van der Waals surface area (Å²) in [6.45, 7) is 4.01. The Labute approximate surface area is 132 Å². The third-order valence-electron chi connectivity index (χ3n) is 4.67. The normalized spacial score (nSPS) is 27.0. The number of aromatic nitrogens is 1. The first kappa shape index (κ1) is 15.6. The zero-order chi connectivity index (χ0) is 15.4. The molecule has 5 heteroatoms. The second-order valence-electron chi connectivity index (χ2n) is 6.28. The van der Waals surface area contributed by atoms with Crippen LogP contribution in [0.4, 0.5) is 0 Å². The zero-order valence-corrected chi connectivity index (χ0v) is 13.3. The fraction of sp³-hybridized carbons (Fsp3) is 0.706. The molecule has 5 nitrogen and oxygen atoms in total. The first-order valence-corrected chi connectivity index (χ1v) is 8.42. The number of carbonyl (C=O) groups excluding carboxylic acids is 1. The molecular formula is C17H26N2O3. The Morgan fingerprint density at radius 1 is 1.45 bits per heavy atom. The number of hydrogen-bond acceptors (Lipinski definition) is 3. The number of ether oxygens (including phenoxy) is 2. The van der Waals surface area contributed by atoms with E-state index in [0.29, 0.717) is 6.61 Å². The van der Waals surface area contributed by atoms with Crippen LogP contribution in [0.15, 0.2) is 18.3 Å². The molecule has 0 aromatic carbocycles. The molecule has 3 atom stereocenters. The molecule has 1 aromatic rings. The van der Waals surface area contributed by atoms with Gasteiger partial charge in [0.05, 0.1) is 18.8 Å². The van der Waals surface area contributed by atoms with E-state index >= 15 is 0 Å². The highest BCUT2D eigenvalue weighted by atomic mass is 16.5. The molecular weight excluding hydrogens is 280 g/mol. The second-order valence-corrected chi connectivity index (χ2v) is 6.28. The first-order valence-electron chi connectivity index (χ1n) is 8.42. The predicted octanol–water partition coefficient (Wildman–Crippen LogP) is 2.65. The van der Waals surface area contributed by atoms with Gasteiger partial charge in [0.1, 0.15) is 6.10 Å². The predicted molar refractivity (Wildman–Crippen MR) is 83.5 cm³/mol. The van der Waals surface area contributed by atoms with Crippen molar-refractivity contribution in [2.45, 2.75) is 57.3 Å². The van der Waals surface area contributed by atoms with Gasteiger partial charge in [-0.05, 0) is 51.2 Å². The van der Waals surface area contributed by atoms with Crippen molar-refractivity contribution >= 4 is 5.91 Å². The molecule has 0 spiro atoms. The van der Waals surface area contributed by atoms with Crippen LogP contribution in [0.25, 0.3) is 0 Å². The number of hydrogen-bond donors (Lipinski definition) is 1. The van der Waals surface area contributed by atoms with Crippen molar-refractivity contribution in [2.24, 2.45) is 0 Å². The van der Waals surface area contributed by atoms with Crippen LogP contribution in [-0.4, -0.2) is 47.8 Å². The number of aromatic amines is 1. The van der Waals surface area contributed by atoms with E-state index in [1.165, 1.54) is 6.42 Å². The molecule has 0 bridgehead atoms. The van der Waals surface area contributed by atoms with E-state index in [1.54, 1.807) is 0 Å². The largest absolute Gasteiger partial charge is 0.376 e. The van der Waals surface area contributed by atoms with Gasteiger partial charge in [-0.3, -0.25) is 4.79 Å². The number of likely N-dealkylation sites (tertiary alicyclic amines) is 1. The molecule has 1 amide bonds. The van der Waals surface area contributed by atoms with E-state index in [1.807, 2.05) is 24.1 Å². The monoisotopic (exact) mass is 306 g/mol. The van der Waals surface area contributed by atoms with E-state index < -0.39 is 6.10 Å². The average Bonchev–Trinajstić information content (AvgIpc) is 3.23. The molecule has 2 aliphatic heterocycles. The van der Waals surface area contributed by atoms with Crippen molar-refractivity contribution in [1.29, 1.82) is 0 Å². The highest BCUT2D eigenvalue weighted by Crippen LogP contribution is 2.31. The van der Waals surface area contributed by atoms with Crippen LogP contribution < -0.4 is 0 Å². The van der Waals surface area contributed by atoms with Crippen LogP contribution in [0.5, 0.6) is 0 Å². The second kappa shape index (κ2) is 7.29. The molecule has 3 heterocycles. The highest BCUT2D eigenvalue weighted by Gasteiger charge is 2.33. The number of rotatable bonds is 5. The fourth-order valence-corrected chi connectivity index (χ4v) is 3.40. The molecule has 1 aromatic heterocycles. The van der Waals surface area contributed by atoms with Crippen LogP contribution in [0.1, 0.15) is 50.8 Å². The molecule has 0 radical (unpaired) electrons. The van der Waals surface area contributed by atoms with Crippen LogP contribution in [0.3, 0.4) is 0 Å². The van der Waals surface area contributed by atoms with Gasteiger partial charge in [0, 0.05) is 25.0 Å². The lowest BCUT2D eigenvalue weighted by atomic mass is 10.1. The molecule has 0 saturated carbocycles. The molecule has 3 rings (SSSR count). The Kier molecular flexibility index (Phi) is 5.16. The Bertz CT molecular complexity index is 468. The van der Waals surface area contributed by atoms with Gasteiger partial charge in [0.25, 0.3) is 5.91 Å². The Hall–Kier alpha value is -1.33. The minimum absolute atomic E-state index is 0.0907. The standard InChI is InChI=1S/C17H26N2O3/c1-13(22-12-14-6-2-3-11-21-14)17(20)19-10-5-8-16(19)15-7-4-9-18-15/h4,7,9,13-14,16,18H,2-3,5-6,8,10-12H2,1H3/t13-,14+,16+/m0/s1. The zero-order valence-electron chi connectivity index (χ0n) is 13.3. The minimum atomic E-state index is -0.402. The van der Waals surface area contributed by atoms with Gasteiger partial charge in [0.15, 0.2) is 0 Å². The summed E-state index contributed by atoms with van der Waals surface area (Å²) in [6.07, 6.45) is 7.10. The Morgan fingerprint density at radius 2 is 2.36 bits per heavy atom. The number of carbonyl (C=O) groups is 1. The van der Waals surface area contributed by atoms with E-state index in [0.717, 1.165) is 44.5 Å². The van der Waals surface area contributed by atoms with E-state index in [2.05, 4.69) is 11.1 Å². The topological polar surface area (TPSA) is 54.6 Å².